The number of nitrogens with zero attached hydrogens (tertiary/aromatic N) is 5. The van der Waals surface area contributed by atoms with Crippen molar-refractivity contribution in [2.24, 2.45) is 0 Å². The van der Waals surface area contributed by atoms with Gasteiger partial charge in [0, 0.05) is 12.7 Å². The summed E-state index contributed by atoms with van der Waals surface area (Å²) in [5, 5.41) is 6.21. The second kappa shape index (κ2) is 5.31. The molecule has 0 saturated heterocycles. The highest BCUT2D eigenvalue weighted by molar-refractivity contribution is 5.30. The molecule has 2 heterocycles. The first kappa shape index (κ1) is 14.0. The number of aromatic nitrogens is 5. The lowest BCUT2D eigenvalue weighted by Gasteiger charge is -2.06. The molecule has 10 heteroatoms. The third-order valence-corrected chi connectivity index (χ3v) is 2.20. The Kier molecular flexibility index (Phi) is 3.72. The molecule has 0 atom stereocenters. The third-order valence-electron chi connectivity index (χ3n) is 2.20. The molecule has 0 aliphatic heterocycles. The minimum absolute atomic E-state index is 0.0185. The van der Waals surface area contributed by atoms with E-state index in [2.05, 4.69) is 25.4 Å². The van der Waals surface area contributed by atoms with Crippen molar-refractivity contribution in [3.63, 3.8) is 0 Å². The van der Waals surface area contributed by atoms with Crippen LogP contribution in [0.1, 0.15) is 12.6 Å². The van der Waals surface area contributed by atoms with Crippen molar-refractivity contribution in [1.82, 2.24) is 24.7 Å². The largest absolute Gasteiger partial charge is 0.467 e. The summed E-state index contributed by atoms with van der Waals surface area (Å²) in [6.07, 6.45) is -3.40. The van der Waals surface area contributed by atoms with Gasteiger partial charge in [-0.05, 0) is 13.0 Å². The Morgan fingerprint density at radius 3 is 2.60 bits per heavy atom. The van der Waals surface area contributed by atoms with Gasteiger partial charge in [0.25, 0.3) is 5.95 Å². The first-order chi connectivity index (χ1) is 9.44. The standard InChI is InChI=1S/C10H11F3N6O/c1-3-14-7-15-8(17-9(16-7)20-2)19-5-4-6(18-19)10(11,12)13/h4-5H,3H2,1-2H3,(H,14,15,16,17). The van der Waals surface area contributed by atoms with Crippen molar-refractivity contribution in [1.29, 1.82) is 0 Å². The van der Waals surface area contributed by atoms with Gasteiger partial charge in [-0.1, -0.05) is 0 Å². The molecule has 0 bridgehead atoms. The zero-order valence-electron chi connectivity index (χ0n) is 10.6. The molecule has 2 aromatic heterocycles. The van der Waals surface area contributed by atoms with Crippen LogP contribution in [0.25, 0.3) is 5.95 Å². The van der Waals surface area contributed by atoms with Crippen molar-refractivity contribution >= 4 is 5.95 Å². The van der Waals surface area contributed by atoms with Crippen molar-refractivity contribution in [3.8, 4) is 12.0 Å². The number of halogens is 3. The van der Waals surface area contributed by atoms with E-state index in [4.69, 9.17) is 4.74 Å². The van der Waals surface area contributed by atoms with Crippen LogP contribution < -0.4 is 10.1 Å². The Morgan fingerprint density at radius 1 is 1.30 bits per heavy atom. The maximum Gasteiger partial charge on any atom is 0.435 e. The van der Waals surface area contributed by atoms with Crippen LogP contribution in [0.4, 0.5) is 19.1 Å². The average Bonchev–Trinajstić information content (AvgIpc) is 2.88. The van der Waals surface area contributed by atoms with Crippen LogP contribution in [-0.2, 0) is 6.18 Å². The van der Waals surface area contributed by atoms with Crippen molar-refractivity contribution in [3.05, 3.63) is 18.0 Å². The minimum atomic E-state index is -4.52. The first-order valence-corrected chi connectivity index (χ1v) is 5.61. The van der Waals surface area contributed by atoms with Crippen LogP contribution in [0.5, 0.6) is 6.01 Å². The fourth-order valence-electron chi connectivity index (χ4n) is 1.36. The quantitative estimate of drug-likeness (QED) is 0.919. The Balaban J connectivity index is 2.41. The van der Waals surface area contributed by atoms with Crippen LogP contribution in [-0.4, -0.2) is 38.4 Å². The molecule has 0 aromatic carbocycles. The number of ether oxygens (including phenoxy) is 1. The highest BCUT2D eigenvalue weighted by Crippen LogP contribution is 2.27. The van der Waals surface area contributed by atoms with Gasteiger partial charge in [0.1, 0.15) is 0 Å². The number of hydrogen-bond acceptors (Lipinski definition) is 6. The molecule has 0 radical (unpaired) electrons. The average molecular weight is 288 g/mol. The topological polar surface area (TPSA) is 77.8 Å². The summed E-state index contributed by atoms with van der Waals surface area (Å²) in [5.41, 5.74) is -1.03. The SMILES string of the molecule is CCNc1nc(OC)nc(-n2ccc(C(F)(F)F)n2)n1. The molecule has 0 amide bonds. The molecule has 0 aliphatic carbocycles. The number of anilines is 1. The van der Waals surface area contributed by atoms with Crippen LogP contribution in [0.2, 0.25) is 0 Å². The number of hydrogen-bond donors (Lipinski definition) is 1. The third kappa shape index (κ3) is 2.95. The maximum atomic E-state index is 12.5. The highest BCUT2D eigenvalue weighted by Gasteiger charge is 2.33. The zero-order chi connectivity index (χ0) is 14.8. The van der Waals surface area contributed by atoms with E-state index < -0.39 is 11.9 Å². The van der Waals surface area contributed by atoms with Crippen molar-refractivity contribution in [2.75, 3.05) is 19.0 Å². The minimum Gasteiger partial charge on any atom is -0.467 e. The fourth-order valence-corrected chi connectivity index (χ4v) is 1.36. The van der Waals surface area contributed by atoms with E-state index in [1.807, 2.05) is 6.92 Å². The molecule has 0 fully saturated rings. The van der Waals surface area contributed by atoms with Crippen LogP contribution in [0.15, 0.2) is 12.3 Å². The van der Waals surface area contributed by atoms with Crippen LogP contribution >= 0.6 is 0 Å². The van der Waals surface area contributed by atoms with E-state index in [1.165, 1.54) is 7.11 Å². The number of rotatable bonds is 4. The van der Waals surface area contributed by atoms with Crippen LogP contribution in [0, 0.1) is 0 Å². The molecule has 2 aromatic rings. The molecule has 20 heavy (non-hydrogen) atoms. The molecule has 2 rings (SSSR count). The Labute approximate surface area is 111 Å². The summed E-state index contributed by atoms with van der Waals surface area (Å²) in [6, 6.07) is 0.818. The number of alkyl halides is 3. The summed E-state index contributed by atoms with van der Waals surface area (Å²) < 4.78 is 43.3. The van der Waals surface area contributed by atoms with E-state index in [9.17, 15) is 13.2 Å². The summed E-state index contributed by atoms with van der Waals surface area (Å²) in [5.74, 6) is 0.127. The fraction of sp³-hybridized carbons (Fsp3) is 0.400. The summed E-state index contributed by atoms with van der Waals surface area (Å²) in [6.45, 7) is 2.37. The molecular weight excluding hydrogens is 277 g/mol. The van der Waals surface area contributed by atoms with Gasteiger partial charge in [-0.15, -0.1) is 0 Å². The molecule has 1 N–H and O–H groups in total. The van der Waals surface area contributed by atoms with Gasteiger partial charge in [-0.2, -0.15) is 33.2 Å². The Hall–Kier alpha value is -2.39. The van der Waals surface area contributed by atoms with Crippen LogP contribution in [0.3, 0.4) is 0 Å². The van der Waals surface area contributed by atoms with E-state index in [0.717, 1.165) is 16.9 Å². The van der Waals surface area contributed by atoms with E-state index >= 15 is 0 Å². The van der Waals surface area contributed by atoms with E-state index in [-0.39, 0.29) is 17.9 Å². The van der Waals surface area contributed by atoms with Gasteiger partial charge < -0.3 is 10.1 Å². The van der Waals surface area contributed by atoms with Gasteiger partial charge in [0.2, 0.25) is 5.95 Å². The molecule has 0 spiro atoms. The highest BCUT2D eigenvalue weighted by atomic mass is 19.4. The van der Waals surface area contributed by atoms with Gasteiger partial charge in [0.15, 0.2) is 5.69 Å². The zero-order valence-corrected chi connectivity index (χ0v) is 10.6. The molecule has 0 saturated carbocycles. The molecule has 0 unspecified atom stereocenters. The molecule has 7 nitrogen and oxygen atoms in total. The normalized spacial score (nSPS) is 11.4. The monoisotopic (exact) mass is 288 g/mol. The van der Waals surface area contributed by atoms with E-state index in [0.29, 0.717) is 6.54 Å². The van der Waals surface area contributed by atoms with Gasteiger partial charge in [-0.25, -0.2) is 4.68 Å². The number of methoxy groups -OCH3 is 1. The summed E-state index contributed by atoms with van der Waals surface area (Å²) in [4.78, 5) is 11.7. The second-order valence-corrected chi connectivity index (χ2v) is 3.62. The van der Waals surface area contributed by atoms with E-state index in [1.54, 1.807) is 0 Å². The second-order valence-electron chi connectivity index (χ2n) is 3.62. The van der Waals surface area contributed by atoms with Gasteiger partial charge in [-0.3, -0.25) is 0 Å². The number of nitrogens with one attached hydrogen (secondary N) is 1. The lowest BCUT2D eigenvalue weighted by molar-refractivity contribution is -0.141. The maximum absolute atomic E-state index is 12.5. The molecule has 0 aliphatic rings. The predicted molar refractivity (Wildman–Crippen MR) is 62.7 cm³/mol. The predicted octanol–water partition coefficient (Wildman–Crippen LogP) is 1.52. The molecular formula is C10H11F3N6O. The van der Waals surface area contributed by atoms with Crippen molar-refractivity contribution < 1.29 is 17.9 Å². The van der Waals surface area contributed by atoms with Gasteiger partial charge in [0.05, 0.1) is 7.11 Å². The van der Waals surface area contributed by atoms with Gasteiger partial charge >= 0.3 is 12.2 Å². The lowest BCUT2D eigenvalue weighted by atomic mass is 10.4. The lowest BCUT2D eigenvalue weighted by Crippen LogP contribution is -2.12. The smallest absolute Gasteiger partial charge is 0.435 e. The summed E-state index contributed by atoms with van der Waals surface area (Å²) in [7, 11) is 1.35. The van der Waals surface area contributed by atoms with Crippen molar-refractivity contribution in [2.45, 2.75) is 13.1 Å². The molecule has 108 valence electrons. The first-order valence-electron chi connectivity index (χ1n) is 5.61. The Bertz CT molecular complexity index is 597. The summed E-state index contributed by atoms with van der Waals surface area (Å²) >= 11 is 0. The Morgan fingerprint density at radius 2 is 2.05 bits per heavy atom.